The van der Waals surface area contributed by atoms with Gasteiger partial charge in [-0.05, 0) is 74.1 Å². The fourth-order valence-electron chi connectivity index (χ4n) is 5.73. The summed E-state index contributed by atoms with van der Waals surface area (Å²) in [7, 11) is 3.22. The predicted molar refractivity (Wildman–Crippen MR) is 136 cm³/mol. The van der Waals surface area contributed by atoms with Gasteiger partial charge in [-0.3, -0.25) is 14.6 Å². The maximum absolute atomic E-state index is 13.7. The van der Waals surface area contributed by atoms with Crippen LogP contribution in [0.25, 0.3) is 0 Å². The Hall–Kier alpha value is -2.93. The smallest absolute Gasteiger partial charge is 0.315 e. The second kappa shape index (κ2) is 9.97. The number of rotatable bonds is 6. The molecule has 0 saturated heterocycles. The molecular weight excluding hydrogens is 462 g/mol. The number of Topliss-reactive ketones (excluding diaryl/α,β-unsaturated/α-hetero) is 1. The van der Waals surface area contributed by atoms with Crippen molar-refractivity contribution in [2.75, 3.05) is 14.2 Å². The Bertz CT molecular complexity index is 1180. The van der Waals surface area contributed by atoms with Gasteiger partial charge in [0.15, 0.2) is 17.3 Å². The average Bonchev–Trinajstić information content (AvgIpc) is 3.57. The summed E-state index contributed by atoms with van der Waals surface area (Å²) in [5.74, 6) is 0.198. The molecule has 0 bridgehead atoms. The molecule has 2 aliphatic carbocycles. The highest BCUT2D eigenvalue weighted by molar-refractivity contribution is 7.10. The van der Waals surface area contributed by atoms with E-state index in [1.54, 1.807) is 25.6 Å². The van der Waals surface area contributed by atoms with Gasteiger partial charge in [0.05, 0.1) is 14.2 Å². The molecule has 2 aromatic rings. The fourth-order valence-corrected chi connectivity index (χ4v) is 6.60. The van der Waals surface area contributed by atoms with E-state index in [0.29, 0.717) is 29.9 Å². The lowest BCUT2D eigenvalue weighted by molar-refractivity contribution is -0.151. The van der Waals surface area contributed by atoms with Gasteiger partial charge in [-0.2, -0.15) is 0 Å². The van der Waals surface area contributed by atoms with E-state index in [9.17, 15) is 9.59 Å². The molecule has 1 aromatic carbocycles. The first-order valence-corrected chi connectivity index (χ1v) is 13.1. The Morgan fingerprint density at radius 3 is 2.51 bits per heavy atom. The molecular formula is C28H31NO5S. The van der Waals surface area contributed by atoms with Gasteiger partial charge in [0.2, 0.25) is 0 Å². The molecule has 1 aliphatic heterocycles. The maximum Gasteiger partial charge on any atom is 0.315 e. The molecule has 1 fully saturated rings. The fraction of sp³-hybridized carbons (Fsp3) is 0.464. The van der Waals surface area contributed by atoms with Gasteiger partial charge in [0.25, 0.3) is 0 Å². The summed E-state index contributed by atoms with van der Waals surface area (Å²) < 4.78 is 16.8. The molecule has 3 atom stereocenters. The quantitative estimate of drug-likeness (QED) is 0.474. The number of carbonyl (C=O) groups is 2. The summed E-state index contributed by atoms with van der Waals surface area (Å²) in [4.78, 5) is 33.0. The van der Waals surface area contributed by atoms with Crippen LogP contribution in [-0.4, -0.2) is 37.8 Å². The number of hydrogen-bond acceptors (Lipinski definition) is 7. The van der Waals surface area contributed by atoms with Gasteiger partial charge in [-0.15, -0.1) is 11.3 Å². The molecule has 0 spiro atoms. The van der Waals surface area contributed by atoms with Crippen molar-refractivity contribution in [2.24, 2.45) is 10.9 Å². The molecule has 184 valence electrons. The van der Waals surface area contributed by atoms with Gasteiger partial charge in [0.1, 0.15) is 12.0 Å². The standard InChI is InChI=1S/C28H31NO5S/c1-16-25(28(31)34-19-7-4-5-8-19)27(24-9-6-12-35-24)26-20(29-16)13-18(14-21(26)30)17-10-11-22(32-2)23(15-17)33-3/h6,9-12,15,18-19,25,27H,4-5,7-8,13-14H2,1-3H3. The van der Waals surface area contributed by atoms with Crippen LogP contribution < -0.4 is 9.47 Å². The molecule has 1 saturated carbocycles. The Morgan fingerprint density at radius 2 is 1.83 bits per heavy atom. The normalized spacial score (nSPS) is 24.7. The monoisotopic (exact) mass is 493 g/mol. The predicted octanol–water partition coefficient (Wildman–Crippen LogP) is 5.83. The van der Waals surface area contributed by atoms with E-state index in [2.05, 4.69) is 0 Å². The molecule has 0 N–H and O–H groups in total. The van der Waals surface area contributed by atoms with Crippen molar-refractivity contribution in [1.82, 2.24) is 0 Å². The van der Waals surface area contributed by atoms with Gasteiger partial charge in [-0.1, -0.05) is 12.1 Å². The number of hydrogen-bond donors (Lipinski definition) is 0. The number of benzene rings is 1. The Labute approximate surface area is 210 Å². The lowest BCUT2D eigenvalue weighted by Crippen LogP contribution is -2.38. The van der Waals surface area contributed by atoms with E-state index in [0.717, 1.165) is 47.5 Å². The second-order valence-corrected chi connectivity index (χ2v) is 10.5. The van der Waals surface area contributed by atoms with E-state index in [4.69, 9.17) is 19.2 Å². The Balaban J connectivity index is 1.49. The third kappa shape index (κ3) is 4.54. The number of thiophene rings is 1. The first-order chi connectivity index (χ1) is 17.0. The highest BCUT2D eigenvalue weighted by atomic mass is 32.1. The molecule has 3 unspecified atom stereocenters. The molecule has 3 aliphatic rings. The molecule has 7 heteroatoms. The lowest BCUT2D eigenvalue weighted by Gasteiger charge is -2.36. The number of ether oxygens (including phenoxy) is 3. The minimum Gasteiger partial charge on any atom is -0.493 e. The largest absolute Gasteiger partial charge is 0.493 e. The molecule has 35 heavy (non-hydrogen) atoms. The molecule has 6 nitrogen and oxygen atoms in total. The minimum absolute atomic E-state index is 0.0106. The number of esters is 1. The van der Waals surface area contributed by atoms with E-state index in [1.807, 2.05) is 42.6 Å². The summed E-state index contributed by atoms with van der Waals surface area (Å²) in [6.07, 6.45) is 5.00. The van der Waals surface area contributed by atoms with Crippen LogP contribution in [0.4, 0.5) is 0 Å². The number of nitrogens with zero attached hydrogens (tertiary/aromatic N) is 1. The summed E-state index contributed by atoms with van der Waals surface area (Å²) >= 11 is 1.58. The first kappa shape index (κ1) is 23.8. The van der Waals surface area contributed by atoms with Crippen LogP contribution in [0.1, 0.15) is 67.7 Å². The van der Waals surface area contributed by atoms with Crippen molar-refractivity contribution in [3.8, 4) is 11.5 Å². The van der Waals surface area contributed by atoms with Crippen molar-refractivity contribution >= 4 is 28.8 Å². The molecule has 0 radical (unpaired) electrons. The Kier molecular flexibility index (Phi) is 6.78. The minimum atomic E-state index is -0.561. The topological polar surface area (TPSA) is 74.2 Å². The van der Waals surface area contributed by atoms with E-state index < -0.39 is 5.92 Å². The zero-order valence-electron chi connectivity index (χ0n) is 20.4. The van der Waals surface area contributed by atoms with E-state index in [-0.39, 0.29) is 29.7 Å². The number of methoxy groups -OCH3 is 2. The van der Waals surface area contributed by atoms with Crippen molar-refractivity contribution < 1.29 is 23.8 Å². The van der Waals surface area contributed by atoms with Crippen LogP contribution >= 0.6 is 11.3 Å². The first-order valence-electron chi connectivity index (χ1n) is 12.3. The van der Waals surface area contributed by atoms with Crippen LogP contribution in [0.5, 0.6) is 11.5 Å². The van der Waals surface area contributed by atoms with Gasteiger partial charge >= 0.3 is 5.97 Å². The van der Waals surface area contributed by atoms with Crippen molar-refractivity contribution in [2.45, 2.75) is 63.4 Å². The van der Waals surface area contributed by atoms with E-state index in [1.165, 1.54) is 0 Å². The van der Waals surface area contributed by atoms with Gasteiger partial charge < -0.3 is 14.2 Å². The number of aliphatic imine (C=N–C) groups is 1. The summed E-state index contributed by atoms with van der Waals surface area (Å²) in [5.41, 5.74) is 3.22. The van der Waals surface area contributed by atoms with Crippen LogP contribution in [0.3, 0.4) is 0 Å². The van der Waals surface area contributed by atoms with E-state index >= 15 is 0 Å². The Morgan fingerprint density at radius 1 is 1.06 bits per heavy atom. The zero-order valence-corrected chi connectivity index (χ0v) is 21.2. The number of carbonyl (C=O) groups excluding carboxylic acids is 2. The lowest BCUT2D eigenvalue weighted by atomic mass is 9.71. The summed E-state index contributed by atoms with van der Waals surface area (Å²) in [5, 5.41) is 2.00. The molecule has 1 aromatic heterocycles. The zero-order chi connectivity index (χ0) is 24.5. The van der Waals surface area contributed by atoms with Crippen molar-refractivity contribution in [1.29, 1.82) is 0 Å². The number of allylic oxidation sites excluding steroid dienone is 2. The third-order valence-electron chi connectivity index (χ3n) is 7.46. The third-order valence-corrected chi connectivity index (χ3v) is 8.41. The maximum atomic E-state index is 13.7. The van der Waals surface area contributed by atoms with Crippen molar-refractivity contribution in [3.05, 3.63) is 57.4 Å². The highest BCUT2D eigenvalue weighted by Crippen LogP contribution is 2.48. The molecule has 2 heterocycles. The van der Waals surface area contributed by atoms with Crippen LogP contribution in [0, 0.1) is 5.92 Å². The van der Waals surface area contributed by atoms with Crippen molar-refractivity contribution in [3.63, 3.8) is 0 Å². The highest BCUT2D eigenvalue weighted by Gasteiger charge is 2.45. The van der Waals surface area contributed by atoms with Crippen LogP contribution in [0.15, 0.2) is 52.0 Å². The summed E-state index contributed by atoms with van der Waals surface area (Å²) in [6, 6.07) is 9.80. The second-order valence-electron chi connectivity index (χ2n) is 9.57. The van der Waals surface area contributed by atoms with Gasteiger partial charge in [-0.25, -0.2) is 0 Å². The average molecular weight is 494 g/mol. The van der Waals surface area contributed by atoms with Gasteiger partial charge in [0, 0.05) is 34.2 Å². The van der Waals surface area contributed by atoms with Crippen LogP contribution in [-0.2, 0) is 14.3 Å². The summed E-state index contributed by atoms with van der Waals surface area (Å²) in [6.45, 7) is 1.90. The number of ketones is 1. The molecule has 5 rings (SSSR count). The molecule has 0 amide bonds. The SMILES string of the molecule is COc1ccc(C2CC(=O)C3=C(C2)N=C(C)C(C(=O)OC2CCCC2)C3c2cccs2)cc1OC. The van der Waals surface area contributed by atoms with Crippen LogP contribution in [0.2, 0.25) is 0 Å².